The Bertz CT molecular complexity index is 829. The molecule has 0 aliphatic heterocycles. The summed E-state index contributed by atoms with van der Waals surface area (Å²) in [5.74, 6) is 0. The molecule has 0 atom stereocenters. The fourth-order valence-electron chi connectivity index (χ4n) is 4.90. The minimum absolute atomic E-state index is 0.264. The third-order valence-electron chi connectivity index (χ3n) is 6.73. The fraction of sp³-hybridized carbons (Fsp3) is 0.379. The second-order valence-electron chi connectivity index (χ2n) is 9.11. The molecule has 1 aliphatic carbocycles. The fourth-order valence-corrected chi connectivity index (χ4v) is 4.90. The molecule has 1 saturated carbocycles. The lowest BCUT2D eigenvalue weighted by Gasteiger charge is -2.40. The molecule has 3 aromatic carbocycles. The summed E-state index contributed by atoms with van der Waals surface area (Å²) in [6.07, 6.45) is 7.87. The molecule has 3 aromatic rings. The molecule has 0 amide bonds. The Kier molecular flexibility index (Phi) is 7.93. The molecule has 162 valence electrons. The lowest BCUT2D eigenvalue weighted by atomic mass is 9.79. The molecule has 0 radical (unpaired) electrons. The van der Waals surface area contributed by atoms with E-state index in [1.54, 1.807) is 0 Å². The first-order chi connectivity index (χ1) is 15.3. The molecule has 1 N–H and O–H groups in total. The summed E-state index contributed by atoms with van der Waals surface area (Å²) in [7, 11) is 0. The zero-order valence-electron chi connectivity index (χ0n) is 18.7. The van der Waals surface area contributed by atoms with Gasteiger partial charge < -0.3 is 5.32 Å². The van der Waals surface area contributed by atoms with Gasteiger partial charge in [-0.1, -0.05) is 110 Å². The molecule has 0 unspecified atom stereocenters. The van der Waals surface area contributed by atoms with Crippen molar-refractivity contribution in [2.45, 2.75) is 63.7 Å². The van der Waals surface area contributed by atoms with Crippen LogP contribution in [-0.4, -0.2) is 17.0 Å². The first-order valence-corrected chi connectivity index (χ1v) is 11.9. The van der Waals surface area contributed by atoms with Crippen molar-refractivity contribution in [3.63, 3.8) is 0 Å². The molecular weight excluding hydrogens is 376 g/mol. The van der Waals surface area contributed by atoms with Crippen LogP contribution in [-0.2, 0) is 19.6 Å². The standard InChI is InChI=1S/C29H36N2/c1-5-13-26(14-6-1)23-30-29(19-11-4-12-20-29)21-22-31(24-27-15-7-2-8-16-27)25-28-17-9-3-10-18-28/h1-3,5-10,13-18,30H,4,11-12,19-25H2. The van der Waals surface area contributed by atoms with Crippen molar-refractivity contribution < 1.29 is 0 Å². The maximum Gasteiger partial charge on any atom is 0.0237 e. The van der Waals surface area contributed by atoms with E-state index < -0.39 is 0 Å². The number of nitrogens with one attached hydrogen (secondary N) is 1. The van der Waals surface area contributed by atoms with Gasteiger partial charge >= 0.3 is 0 Å². The van der Waals surface area contributed by atoms with Crippen molar-refractivity contribution in [3.8, 4) is 0 Å². The van der Waals surface area contributed by atoms with Crippen LogP contribution in [0.3, 0.4) is 0 Å². The Morgan fingerprint density at radius 2 is 1.10 bits per heavy atom. The first-order valence-electron chi connectivity index (χ1n) is 11.9. The van der Waals surface area contributed by atoms with Crippen LogP contribution in [0.5, 0.6) is 0 Å². The minimum atomic E-state index is 0.264. The summed E-state index contributed by atoms with van der Waals surface area (Å²) in [5, 5.41) is 4.01. The molecule has 0 bridgehead atoms. The third-order valence-corrected chi connectivity index (χ3v) is 6.73. The molecule has 4 rings (SSSR count). The van der Waals surface area contributed by atoms with Crippen molar-refractivity contribution in [1.29, 1.82) is 0 Å². The van der Waals surface area contributed by atoms with Crippen LogP contribution in [0.25, 0.3) is 0 Å². The summed E-state index contributed by atoms with van der Waals surface area (Å²) in [6, 6.07) is 32.7. The van der Waals surface area contributed by atoms with Gasteiger partial charge in [0.1, 0.15) is 0 Å². The second kappa shape index (κ2) is 11.3. The van der Waals surface area contributed by atoms with Crippen molar-refractivity contribution in [2.75, 3.05) is 6.54 Å². The van der Waals surface area contributed by atoms with Gasteiger partial charge in [0.25, 0.3) is 0 Å². The zero-order chi connectivity index (χ0) is 21.2. The Labute approximate surface area is 188 Å². The third kappa shape index (κ3) is 6.78. The van der Waals surface area contributed by atoms with Crippen molar-refractivity contribution in [2.24, 2.45) is 0 Å². The molecule has 2 heteroatoms. The van der Waals surface area contributed by atoms with E-state index in [0.717, 1.165) is 26.2 Å². The lowest BCUT2D eigenvalue weighted by molar-refractivity contribution is 0.164. The maximum atomic E-state index is 4.01. The second-order valence-corrected chi connectivity index (χ2v) is 9.11. The van der Waals surface area contributed by atoms with E-state index in [9.17, 15) is 0 Å². The van der Waals surface area contributed by atoms with Crippen LogP contribution in [0.4, 0.5) is 0 Å². The molecule has 31 heavy (non-hydrogen) atoms. The Balaban J connectivity index is 1.44. The highest BCUT2D eigenvalue weighted by Crippen LogP contribution is 2.32. The van der Waals surface area contributed by atoms with E-state index in [-0.39, 0.29) is 5.54 Å². The van der Waals surface area contributed by atoms with Crippen LogP contribution in [0.2, 0.25) is 0 Å². The summed E-state index contributed by atoms with van der Waals surface area (Å²) >= 11 is 0. The van der Waals surface area contributed by atoms with E-state index in [1.165, 1.54) is 55.2 Å². The number of hydrogen-bond donors (Lipinski definition) is 1. The average molecular weight is 413 g/mol. The Morgan fingerprint density at radius 1 is 0.613 bits per heavy atom. The molecule has 0 spiro atoms. The highest BCUT2D eigenvalue weighted by molar-refractivity contribution is 5.17. The summed E-state index contributed by atoms with van der Waals surface area (Å²) in [4.78, 5) is 2.63. The van der Waals surface area contributed by atoms with Gasteiger partial charge in [0.15, 0.2) is 0 Å². The number of rotatable bonds is 10. The van der Waals surface area contributed by atoms with Crippen LogP contribution in [0, 0.1) is 0 Å². The van der Waals surface area contributed by atoms with Crippen molar-refractivity contribution >= 4 is 0 Å². The van der Waals surface area contributed by atoms with Crippen molar-refractivity contribution in [3.05, 3.63) is 108 Å². The summed E-state index contributed by atoms with van der Waals surface area (Å²) in [6.45, 7) is 4.10. The molecule has 0 heterocycles. The normalized spacial score (nSPS) is 15.8. The zero-order valence-corrected chi connectivity index (χ0v) is 18.7. The Morgan fingerprint density at radius 3 is 1.61 bits per heavy atom. The molecule has 1 aliphatic rings. The van der Waals surface area contributed by atoms with Crippen LogP contribution >= 0.6 is 0 Å². The quantitative estimate of drug-likeness (QED) is 0.405. The lowest BCUT2D eigenvalue weighted by Crippen LogP contribution is -2.48. The van der Waals surface area contributed by atoms with E-state index in [4.69, 9.17) is 0 Å². The predicted octanol–water partition coefficient (Wildman–Crippen LogP) is 6.57. The maximum absolute atomic E-state index is 4.01. The average Bonchev–Trinajstić information content (AvgIpc) is 2.84. The molecule has 0 aromatic heterocycles. The smallest absolute Gasteiger partial charge is 0.0237 e. The topological polar surface area (TPSA) is 15.3 Å². The minimum Gasteiger partial charge on any atom is -0.307 e. The largest absolute Gasteiger partial charge is 0.307 e. The predicted molar refractivity (Wildman–Crippen MR) is 131 cm³/mol. The van der Waals surface area contributed by atoms with Gasteiger partial charge in [-0.3, -0.25) is 4.90 Å². The van der Waals surface area contributed by atoms with Crippen molar-refractivity contribution in [1.82, 2.24) is 10.2 Å². The van der Waals surface area contributed by atoms with Gasteiger partial charge in [-0.25, -0.2) is 0 Å². The van der Waals surface area contributed by atoms with E-state index in [0.29, 0.717) is 0 Å². The highest BCUT2D eigenvalue weighted by atomic mass is 15.1. The molecule has 0 saturated heterocycles. The monoisotopic (exact) mass is 412 g/mol. The molecule has 1 fully saturated rings. The first kappa shape index (κ1) is 21.8. The SMILES string of the molecule is c1ccc(CNC2(CCN(Cc3ccccc3)Cc3ccccc3)CCCCC2)cc1. The number of nitrogens with zero attached hydrogens (tertiary/aromatic N) is 1. The van der Waals surface area contributed by atoms with Gasteiger partial charge in [0.2, 0.25) is 0 Å². The van der Waals surface area contributed by atoms with E-state index >= 15 is 0 Å². The number of hydrogen-bond acceptors (Lipinski definition) is 2. The Hall–Kier alpha value is -2.42. The summed E-state index contributed by atoms with van der Waals surface area (Å²) in [5.41, 5.74) is 4.44. The van der Waals surface area contributed by atoms with Crippen LogP contribution < -0.4 is 5.32 Å². The molecule has 2 nitrogen and oxygen atoms in total. The van der Waals surface area contributed by atoms with Gasteiger partial charge in [-0.15, -0.1) is 0 Å². The van der Waals surface area contributed by atoms with Crippen LogP contribution in [0.15, 0.2) is 91.0 Å². The van der Waals surface area contributed by atoms with Gasteiger partial charge in [0, 0.05) is 31.7 Å². The van der Waals surface area contributed by atoms with E-state index in [1.807, 2.05) is 0 Å². The van der Waals surface area contributed by atoms with Gasteiger partial charge in [-0.2, -0.15) is 0 Å². The molecular formula is C29H36N2. The van der Waals surface area contributed by atoms with Crippen LogP contribution in [0.1, 0.15) is 55.2 Å². The number of benzene rings is 3. The summed E-state index contributed by atoms with van der Waals surface area (Å²) < 4.78 is 0. The van der Waals surface area contributed by atoms with Gasteiger partial charge in [-0.05, 0) is 36.0 Å². The highest BCUT2D eigenvalue weighted by Gasteiger charge is 2.31. The van der Waals surface area contributed by atoms with E-state index in [2.05, 4.69) is 101 Å². The van der Waals surface area contributed by atoms with Gasteiger partial charge in [0.05, 0.1) is 0 Å².